The van der Waals surface area contributed by atoms with Crippen molar-refractivity contribution in [2.24, 2.45) is 10.9 Å². The summed E-state index contributed by atoms with van der Waals surface area (Å²) in [7, 11) is 1.79. The average Bonchev–Trinajstić information content (AvgIpc) is 3.15. The molecule has 0 fully saturated rings. The molecule has 0 radical (unpaired) electrons. The third-order valence-electron chi connectivity index (χ3n) is 3.77. The third-order valence-corrected chi connectivity index (χ3v) is 3.77. The number of aliphatic imine (C=N–C) groups is 1. The molecule has 2 N–H and O–H groups in total. The number of guanidine groups is 1. The number of ether oxygens (including phenoxy) is 1. The highest BCUT2D eigenvalue weighted by molar-refractivity contribution is 14.0. The van der Waals surface area contributed by atoms with Crippen molar-refractivity contribution in [2.45, 2.75) is 26.5 Å². The van der Waals surface area contributed by atoms with E-state index in [2.05, 4.69) is 39.8 Å². The lowest BCUT2D eigenvalue weighted by atomic mass is 10.2. The number of nitrogens with zero attached hydrogens (tertiary/aromatic N) is 3. The number of hydrogen-bond acceptors (Lipinski definition) is 3. The van der Waals surface area contributed by atoms with Crippen molar-refractivity contribution in [3.05, 3.63) is 54.4 Å². The predicted molar refractivity (Wildman–Crippen MR) is 117 cm³/mol. The maximum Gasteiger partial charge on any atom is 0.190 e. The van der Waals surface area contributed by atoms with Gasteiger partial charge in [-0.15, -0.1) is 24.0 Å². The first-order valence-electron chi connectivity index (χ1n) is 8.81. The molecule has 1 unspecified atom stereocenters. The van der Waals surface area contributed by atoms with Gasteiger partial charge in [0.1, 0.15) is 0 Å². The molecular weight excluding hydrogens is 441 g/mol. The Morgan fingerprint density at radius 1 is 1.23 bits per heavy atom. The van der Waals surface area contributed by atoms with Gasteiger partial charge in [0, 0.05) is 39.1 Å². The second-order valence-electron chi connectivity index (χ2n) is 6.11. The average molecular weight is 471 g/mol. The molecular formula is C19H30IN5O. The first-order valence-corrected chi connectivity index (χ1v) is 8.81. The van der Waals surface area contributed by atoms with Crippen LogP contribution < -0.4 is 10.6 Å². The van der Waals surface area contributed by atoms with Gasteiger partial charge in [-0.3, -0.25) is 9.67 Å². The largest absolute Gasteiger partial charge is 0.376 e. The minimum absolute atomic E-state index is 0. The minimum Gasteiger partial charge on any atom is -0.376 e. The number of rotatable bonds is 10. The summed E-state index contributed by atoms with van der Waals surface area (Å²) in [5, 5.41) is 10.9. The molecule has 2 rings (SSSR count). The van der Waals surface area contributed by atoms with E-state index in [1.807, 2.05) is 35.1 Å². The van der Waals surface area contributed by atoms with Crippen molar-refractivity contribution >= 4 is 29.9 Å². The van der Waals surface area contributed by atoms with E-state index in [0.717, 1.165) is 38.6 Å². The Hall–Kier alpha value is -1.61. The van der Waals surface area contributed by atoms with E-state index < -0.39 is 0 Å². The molecule has 26 heavy (non-hydrogen) atoms. The van der Waals surface area contributed by atoms with Gasteiger partial charge in [-0.05, 0) is 24.0 Å². The van der Waals surface area contributed by atoms with Crippen LogP contribution in [-0.4, -0.2) is 42.5 Å². The maximum atomic E-state index is 5.78. The fourth-order valence-corrected chi connectivity index (χ4v) is 2.38. The van der Waals surface area contributed by atoms with Gasteiger partial charge in [-0.2, -0.15) is 5.10 Å². The standard InChI is InChI=1S/C19H29N5O.HI/c1-17(15-25-16-18-8-4-3-5-9-18)14-22-19(20-2)21-10-6-12-24-13-7-11-23-24;/h3-5,7-9,11,13,17H,6,10,12,14-16H2,1-2H3,(H2,20,21,22);1H. The van der Waals surface area contributed by atoms with E-state index >= 15 is 0 Å². The van der Waals surface area contributed by atoms with E-state index in [1.54, 1.807) is 13.2 Å². The van der Waals surface area contributed by atoms with E-state index in [1.165, 1.54) is 5.56 Å². The summed E-state index contributed by atoms with van der Waals surface area (Å²) in [5.41, 5.74) is 1.21. The molecule has 6 nitrogen and oxygen atoms in total. The van der Waals surface area contributed by atoms with Crippen LogP contribution in [0.4, 0.5) is 0 Å². The summed E-state index contributed by atoms with van der Waals surface area (Å²) in [4.78, 5) is 4.25. The molecule has 1 aromatic heterocycles. The normalized spacial score (nSPS) is 12.3. The quantitative estimate of drug-likeness (QED) is 0.242. The van der Waals surface area contributed by atoms with Gasteiger partial charge in [0.15, 0.2) is 5.96 Å². The Kier molecular flexibility index (Phi) is 11.7. The van der Waals surface area contributed by atoms with E-state index in [4.69, 9.17) is 4.74 Å². The highest BCUT2D eigenvalue weighted by atomic mass is 127. The minimum atomic E-state index is 0. The number of aromatic nitrogens is 2. The van der Waals surface area contributed by atoms with E-state index in [0.29, 0.717) is 12.5 Å². The fraction of sp³-hybridized carbons (Fsp3) is 0.474. The zero-order valence-corrected chi connectivity index (χ0v) is 17.9. The first kappa shape index (κ1) is 22.4. The number of hydrogen-bond donors (Lipinski definition) is 2. The number of nitrogens with one attached hydrogen (secondary N) is 2. The van der Waals surface area contributed by atoms with Crippen molar-refractivity contribution < 1.29 is 4.74 Å². The van der Waals surface area contributed by atoms with Gasteiger partial charge < -0.3 is 15.4 Å². The van der Waals surface area contributed by atoms with E-state index in [9.17, 15) is 0 Å². The zero-order valence-electron chi connectivity index (χ0n) is 15.6. The third kappa shape index (κ3) is 9.19. The lowest BCUT2D eigenvalue weighted by Crippen LogP contribution is -2.40. The molecule has 1 heterocycles. The Morgan fingerprint density at radius 3 is 2.73 bits per heavy atom. The van der Waals surface area contributed by atoms with Crippen LogP contribution in [0.1, 0.15) is 18.9 Å². The summed E-state index contributed by atoms with van der Waals surface area (Å²) in [6.45, 7) is 6.14. The monoisotopic (exact) mass is 471 g/mol. The van der Waals surface area contributed by atoms with Crippen LogP contribution in [0.5, 0.6) is 0 Å². The highest BCUT2D eigenvalue weighted by Gasteiger charge is 2.04. The van der Waals surface area contributed by atoms with E-state index in [-0.39, 0.29) is 24.0 Å². The lowest BCUT2D eigenvalue weighted by molar-refractivity contribution is 0.0931. The summed E-state index contributed by atoms with van der Waals surface area (Å²) in [5.74, 6) is 1.24. The van der Waals surface area contributed by atoms with Gasteiger partial charge in [0.05, 0.1) is 13.2 Å². The summed E-state index contributed by atoms with van der Waals surface area (Å²) < 4.78 is 7.71. The number of halogens is 1. The number of benzene rings is 1. The van der Waals surface area contributed by atoms with Crippen molar-refractivity contribution in [3.8, 4) is 0 Å². The second-order valence-corrected chi connectivity index (χ2v) is 6.11. The first-order chi connectivity index (χ1) is 12.3. The van der Waals surface area contributed by atoms with Crippen LogP contribution in [0.15, 0.2) is 53.8 Å². The lowest BCUT2D eigenvalue weighted by Gasteiger charge is -2.16. The van der Waals surface area contributed by atoms with Gasteiger partial charge in [0.25, 0.3) is 0 Å². The highest BCUT2D eigenvalue weighted by Crippen LogP contribution is 2.02. The number of aryl methyl sites for hydroxylation is 1. The molecule has 0 saturated carbocycles. The summed E-state index contributed by atoms with van der Waals surface area (Å²) in [6.07, 6.45) is 4.78. The summed E-state index contributed by atoms with van der Waals surface area (Å²) in [6, 6.07) is 12.2. The smallest absolute Gasteiger partial charge is 0.190 e. The molecule has 2 aromatic rings. The topological polar surface area (TPSA) is 63.5 Å². The molecule has 1 atom stereocenters. The van der Waals surface area contributed by atoms with Crippen LogP contribution in [0, 0.1) is 5.92 Å². The molecule has 0 amide bonds. The van der Waals surface area contributed by atoms with Crippen molar-refractivity contribution in [2.75, 3.05) is 26.7 Å². The van der Waals surface area contributed by atoms with Crippen LogP contribution in [0.25, 0.3) is 0 Å². The fourth-order valence-electron chi connectivity index (χ4n) is 2.38. The molecule has 0 aliphatic heterocycles. The molecule has 0 saturated heterocycles. The van der Waals surface area contributed by atoms with Crippen molar-refractivity contribution in [1.29, 1.82) is 0 Å². The van der Waals surface area contributed by atoms with Crippen LogP contribution in [0.3, 0.4) is 0 Å². The maximum absolute atomic E-state index is 5.78. The predicted octanol–water partition coefficient (Wildman–Crippen LogP) is 2.91. The van der Waals surface area contributed by atoms with Gasteiger partial charge in [-0.25, -0.2) is 0 Å². The molecule has 0 aliphatic rings. The Bertz CT molecular complexity index is 604. The Labute approximate surface area is 173 Å². The van der Waals surface area contributed by atoms with Gasteiger partial charge >= 0.3 is 0 Å². The molecule has 7 heteroatoms. The molecule has 0 aliphatic carbocycles. The van der Waals surface area contributed by atoms with Crippen LogP contribution >= 0.6 is 24.0 Å². The van der Waals surface area contributed by atoms with Crippen molar-refractivity contribution in [3.63, 3.8) is 0 Å². The van der Waals surface area contributed by atoms with Crippen molar-refractivity contribution in [1.82, 2.24) is 20.4 Å². The van der Waals surface area contributed by atoms with Gasteiger partial charge in [-0.1, -0.05) is 37.3 Å². The molecule has 144 valence electrons. The van der Waals surface area contributed by atoms with Gasteiger partial charge in [0.2, 0.25) is 0 Å². The Balaban J connectivity index is 0.00000338. The Morgan fingerprint density at radius 2 is 2.04 bits per heavy atom. The zero-order chi connectivity index (χ0) is 17.7. The molecule has 0 spiro atoms. The van der Waals surface area contributed by atoms with Crippen LogP contribution in [-0.2, 0) is 17.9 Å². The molecule has 1 aromatic carbocycles. The molecule has 0 bridgehead atoms. The van der Waals surface area contributed by atoms with Crippen LogP contribution in [0.2, 0.25) is 0 Å². The summed E-state index contributed by atoms with van der Waals surface area (Å²) >= 11 is 0. The SMILES string of the molecule is CN=C(NCCCn1cccn1)NCC(C)COCc1ccccc1.I. The second kappa shape index (κ2) is 13.6.